The van der Waals surface area contributed by atoms with Gasteiger partial charge in [-0.05, 0) is 28.5 Å². The maximum absolute atomic E-state index is 13.5. The third-order valence-corrected chi connectivity index (χ3v) is 10.5. The Kier molecular flexibility index (Phi) is 14.4. The van der Waals surface area contributed by atoms with E-state index < -0.39 is 69.4 Å². The van der Waals surface area contributed by atoms with Crippen LogP contribution in [0.5, 0.6) is 0 Å². The summed E-state index contributed by atoms with van der Waals surface area (Å²) in [7, 11) is -1.52. The second-order valence-electron chi connectivity index (χ2n) is 13.4. The first-order valence-corrected chi connectivity index (χ1v) is 18.3. The van der Waals surface area contributed by atoms with Crippen molar-refractivity contribution in [3.8, 4) is 0 Å². The molecule has 2 aliphatic rings. The smallest absolute Gasteiger partial charge is 0.456 e. The molecule has 0 aromatic heterocycles. The molecule has 3 aromatic rings. The normalized spacial score (nSPS) is 29.6. The molecule has 11 atom stereocenters. The number of rotatable bonds is 15. The quantitative estimate of drug-likeness (QED) is 0.115. The van der Waals surface area contributed by atoms with E-state index in [0.717, 1.165) is 16.7 Å². The highest BCUT2D eigenvalue weighted by atomic mass is 31.1. The zero-order chi connectivity index (χ0) is 37.3. The van der Waals surface area contributed by atoms with Gasteiger partial charge in [-0.25, -0.2) is 4.79 Å². The lowest BCUT2D eigenvalue weighted by atomic mass is 9.82. The van der Waals surface area contributed by atoms with Gasteiger partial charge in [-0.1, -0.05) is 119 Å². The van der Waals surface area contributed by atoms with Crippen molar-refractivity contribution in [2.45, 2.75) is 90.7 Å². The fourth-order valence-electron chi connectivity index (χ4n) is 6.39. The number of esters is 1. The van der Waals surface area contributed by atoms with Crippen molar-refractivity contribution in [1.82, 2.24) is 0 Å². The molecule has 0 amide bonds. The number of halogens is 3. The lowest BCUT2D eigenvalue weighted by Crippen LogP contribution is -2.58. The molecule has 3 aromatic carbocycles. The van der Waals surface area contributed by atoms with Gasteiger partial charge in [0, 0.05) is 11.8 Å². The van der Waals surface area contributed by atoms with Crippen molar-refractivity contribution in [1.29, 1.82) is 0 Å². The molecule has 0 aliphatic carbocycles. The standard InChI is InChI=1S/C39H46F3O9P/c1-24-25(2)34(46-21-29-16-10-6-11-17-29)37(50-33(24)35(43)47-22-30-18-12-7-13-19-30)49-32-26(3)31(23-45-20-28-14-8-5-9-15-28)48-36(27(32)4)51-52-38(44)39(40,41)42/h5-19,24-27,31-34,36-37,52H,20-23H2,1-4H3/t24-,25+,26+,27?,31?,32+,33?,34?,36?,37-/m1/s1. The Morgan fingerprint density at radius 3 is 1.81 bits per heavy atom. The molecule has 2 aliphatic heterocycles. The summed E-state index contributed by atoms with van der Waals surface area (Å²) in [5.41, 5.74) is 0.684. The molecule has 9 nitrogen and oxygen atoms in total. The number of hydrogen-bond donors (Lipinski definition) is 0. The highest BCUT2D eigenvalue weighted by molar-refractivity contribution is 7.53. The zero-order valence-corrected chi connectivity index (χ0v) is 30.6. The Labute approximate surface area is 304 Å². The molecule has 2 fully saturated rings. The van der Waals surface area contributed by atoms with E-state index in [0.29, 0.717) is 0 Å². The summed E-state index contributed by atoms with van der Waals surface area (Å²) in [4.78, 5) is 25.3. The van der Waals surface area contributed by atoms with E-state index in [-0.39, 0.29) is 44.2 Å². The summed E-state index contributed by atoms with van der Waals surface area (Å²) in [6, 6.07) is 28.4. The van der Waals surface area contributed by atoms with Crippen LogP contribution in [-0.4, -0.2) is 61.3 Å². The molecule has 2 saturated heterocycles. The van der Waals surface area contributed by atoms with Crippen LogP contribution >= 0.6 is 8.81 Å². The third kappa shape index (κ3) is 10.7. The maximum atomic E-state index is 13.5. The molecule has 6 unspecified atom stereocenters. The molecule has 0 radical (unpaired) electrons. The van der Waals surface area contributed by atoms with Gasteiger partial charge < -0.3 is 32.9 Å². The van der Waals surface area contributed by atoms with Crippen LogP contribution in [-0.2, 0) is 62.4 Å². The van der Waals surface area contributed by atoms with Crippen LogP contribution in [0.1, 0.15) is 44.4 Å². The van der Waals surface area contributed by atoms with Crippen LogP contribution in [0.4, 0.5) is 13.2 Å². The van der Waals surface area contributed by atoms with E-state index >= 15 is 0 Å². The molecule has 0 bridgehead atoms. The van der Waals surface area contributed by atoms with E-state index in [9.17, 15) is 22.8 Å². The van der Waals surface area contributed by atoms with Crippen LogP contribution in [0.15, 0.2) is 91.0 Å². The van der Waals surface area contributed by atoms with Gasteiger partial charge in [0.25, 0.3) is 5.52 Å². The van der Waals surface area contributed by atoms with Gasteiger partial charge in [0.2, 0.25) is 0 Å². The Hall–Kier alpha value is -3.22. The van der Waals surface area contributed by atoms with Gasteiger partial charge in [0.15, 0.2) is 18.7 Å². The van der Waals surface area contributed by atoms with Gasteiger partial charge in [-0.2, -0.15) is 13.2 Å². The predicted molar refractivity (Wildman–Crippen MR) is 187 cm³/mol. The molecule has 5 rings (SSSR count). The molecule has 52 heavy (non-hydrogen) atoms. The Morgan fingerprint density at radius 2 is 1.23 bits per heavy atom. The fourth-order valence-corrected chi connectivity index (χ4v) is 7.00. The Bertz CT molecular complexity index is 1550. The van der Waals surface area contributed by atoms with E-state index in [1.807, 2.05) is 112 Å². The van der Waals surface area contributed by atoms with Gasteiger partial charge in [0.1, 0.15) is 12.7 Å². The Morgan fingerprint density at radius 1 is 0.673 bits per heavy atom. The number of ether oxygens (including phenoxy) is 6. The average molecular weight is 747 g/mol. The number of carbonyl (C=O) groups is 2. The SMILES string of the molecule is CC1C(OPC(=O)C(F)(F)F)OC(COCc2ccccc2)[C@H](C)[C@@H]1O[C@@H]1OC(C(=O)OCc2ccccc2)[C@H](C)[C@H](C)C1OCc1ccccc1. The summed E-state index contributed by atoms with van der Waals surface area (Å²) in [5.74, 6) is -2.16. The van der Waals surface area contributed by atoms with Crippen molar-refractivity contribution >= 4 is 20.3 Å². The molecular formula is C39H46F3O9P. The minimum absolute atomic E-state index is 0.0647. The van der Waals surface area contributed by atoms with Crippen LogP contribution in [0, 0.1) is 23.7 Å². The van der Waals surface area contributed by atoms with Crippen LogP contribution < -0.4 is 0 Å². The summed E-state index contributed by atoms with van der Waals surface area (Å²) >= 11 is 0. The second kappa shape index (κ2) is 18.7. The van der Waals surface area contributed by atoms with Crippen molar-refractivity contribution in [3.63, 3.8) is 0 Å². The third-order valence-electron chi connectivity index (χ3n) is 9.69. The van der Waals surface area contributed by atoms with Crippen molar-refractivity contribution in [2.75, 3.05) is 6.61 Å². The monoisotopic (exact) mass is 746 g/mol. The van der Waals surface area contributed by atoms with Crippen molar-refractivity contribution in [3.05, 3.63) is 108 Å². The second-order valence-corrected chi connectivity index (χ2v) is 14.3. The topological polar surface area (TPSA) is 98.8 Å². The van der Waals surface area contributed by atoms with Crippen molar-refractivity contribution in [2.24, 2.45) is 23.7 Å². The number of alkyl halides is 3. The van der Waals surface area contributed by atoms with E-state index in [1.165, 1.54) is 0 Å². The minimum atomic E-state index is -5.05. The maximum Gasteiger partial charge on any atom is 0.456 e. The molecule has 2 heterocycles. The van der Waals surface area contributed by atoms with E-state index in [2.05, 4.69) is 0 Å². The first-order chi connectivity index (χ1) is 24.9. The van der Waals surface area contributed by atoms with Crippen LogP contribution in [0.25, 0.3) is 0 Å². The number of benzene rings is 3. The lowest BCUT2D eigenvalue weighted by molar-refractivity contribution is -0.328. The molecule has 282 valence electrons. The highest BCUT2D eigenvalue weighted by Gasteiger charge is 2.51. The predicted octanol–water partition coefficient (Wildman–Crippen LogP) is 7.61. The lowest BCUT2D eigenvalue weighted by Gasteiger charge is -2.48. The highest BCUT2D eigenvalue weighted by Crippen LogP contribution is 2.41. The van der Waals surface area contributed by atoms with Gasteiger partial charge in [0.05, 0.1) is 40.8 Å². The fraction of sp³-hybridized carbons (Fsp3) is 0.487. The molecule has 0 N–H and O–H groups in total. The van der Waals surface area contributed by atoms with E-state index in [4.69, 9.17) is 32.9 Å². The molecule has 13 heteroatoms. The first kappa shape index (κ1) is 40.0. The Balaban J connectivity index is 1.37. The molecule has 0 saturated carbocycles. The van der Waals surface area contributed by atoms with Gasteiger partial charge >= 0.3 is 12.1 Å². The zero-order valence-electron chi connectivity index (χ0n) is 29.6. The average Bonchev–Trinajstić information content (AvgIpc) is 3.14. The first-order valence-electron chi connectivity index (χ1n) is 17.4. The summed E-state index contributed by atoms with van der Waals surface area (Å²) < 4.78 is 82.4. The van der Waals surface area contributed by atoms with Gasteiger partial charge in [-0.15, -0.1) is 0 Å². The summed E-state index contributed by atoms with van der Waals surface area (Å²) in [5, 5.41) is 0. The van der Waals surface area contributed by atoms with Crippen molar-refractivity contribution < 1.29 is 55.7 Å². The molecular weight excluding hydrogens is 700 g/mol. The minimum Gasteiger partial charge on any atom is -0.459 e. The van der Waals surface area contributed by atoms with Crippen LogP contribution in [0.3, 0.4) is 0 Å². The summed E-state index contributed by atoms with van der Waals surface area (Å²) in [6.07, 6.45) is -10.4. The molecule has 0 spiro atoms. The van der Waals surface area contributed by atoms with Gasteiger partial charge in [-0.3, -0.25) is 4.79 Å². The number of carbonyl (C=O) groups excluding carboxylic acids is 2. The van der Waals surface area contributed by atoms with Crippen LogP contribution in [0.2, 0.25) is 0 Å². The number of hydrogen-bond acceptors (Lipinski definition) is 9. The summed E-state index contributed by atoms with van der Waals surface area (Å²) in [6.45, 7) is 8.12. The largest absolute Gasteiger partial charge is 0.459 e. The van der Waals surface area contributed by atoms with E-state index in [1.54, 1.807) is 6.92 Å².